The third-order valence-electron chi connectivity index (χ3n) is 2.77. The molecule has 2 rings (SSSR count). The average Bonchev–Trinajstić information content (AvgIpc) is 2.88. The Labute approximate surface area is 112 Å². The lowest BCUT2D eigenvalue weighted by molar-refractivity contribution is 0.345. The second kappa shape index (κ2) is 6.29. The highest BCUT2D eigenvalue weighted by atomic mass is 16.5. The van der Waals surface area contributed by atoms with E-state index >= 15 is 0 Å². The fourth-order valence-corrected chi connectivity index (χ4v) is 1.74. The summed E-state index contributed by atoms with van der Waals surface area (Å²) in [5, 5.41) is 3.93. The Morgan fingerprint density at radius 3 is 2.89 bits per heavy atom. The Balaban J connectivity index is 2.02. The smallest absolute Gasteiger partial charge is 0.243 e. The van der Waals surface area contributed by atoms with Gasteiger partial charge in [-0.3, -0.25) is 0 Å². The highest BCUT2D eigenvalue weighted by Crippen LogP contribution is 2.15. The zero-order valence-corrected chi connectivity index (χ0v) is 11.2. The van der Waals surface area contributed by atoms with E-state index < -0.39 is 0 Å². The van der Waals surface area contributed by atoms with Crippen molar-refractivity contribution in [3.05, 3.63) is 35.6 Å². The maximum atomic E-state index is 5.92. The molecular weight excluding hydrogens is 244 g/mol. The van der Waals surface area contributed by atoms with Crippen molar-refractivity contribution >= 4 is 0 Å². The maximum Gasteiger partial charge on any atom is 0.243 e. The topological polar surface area (TPSA) is 87.1 Å². The van der Waals surface area contributed by atoms with Crippen molar-refractivity contribution in [3.63, 3.8) is 0 Å². The van der Waals surface area contributed by atoms with Gasteiger partial charge >= 0.3 is 0 Å². The van der Waals surface area contributed by atoms with Gasteiger partial charge in [-0.15, -0.1) is 0 Å². The number of hydrogen-bond donors (Lipinski definition) is 1. The number of nitrogens with zero attached hydrogens (tertiary/aromatic N) is 3. The molecule has 0 aliphatic heterocycles. The highest BCUT2D eigenvalue weighted by Gasteiger charge is 2.14. The first-order valence-electron chi connectivity index (χ1n) is 6.30. The monoisotopic (exact) mass is 262 g/mol. The van der Waals surface area contributed by atoms with Crippen LogP contribution < -0.4 is 10.5 Å². The molecule has 0 radical (unpaired) electrons. The van der Waals surface area contributed by atoms with Gasteiger partial charge in [-0.1, -0.05) is 24.6 Å². The zero-order valence-electron chi connectivity index (χ0n) is 11.2. The summed E-state index contributed by atoms with van der Waals surface area (Å²) in [5.41, 5.74) is 6.92. The molecule has 2 heterocycles. The van der Waals surface area contributed by atoms with Gasteiger partial charge < -0.3 is 15.0 Å². The van der Waals surface area contributed by atoms with Gasteiger partial charge in [0.15, 0.2) is 5.82 Å². The number of pyridine rings is 1. The van der Waals surface area contributed by atoms with Crippen LogP contribution in [0.3, 0.4) is 0 Å². The number of nitrogens with two attached hydrogens (primary N) is 1. The van der Waals surface area contributed by atoms with Crippen LogP contribution in [0.2, 0.25) is 0 Å². The van der Waals surface area contributed by atoms with Crippen molar-refractivity contribution in [1.82, 2.24) is 15.1 Å². The van der Waals surface area contributed by atoms with E-state index in [-0.39, 0.29) is 6.04 Å². The molecule has 0 aromatic carbocycles. The third kappa shape index (κ3) is 3.51. The molecule has 1 atom stereocenters. The maximum absolute atomic E-state index is 5.92. The molecule has 6 nitrogen and oxygen atoms in total. The van der Waals surface area contributed by atoms with Crippen LogP contribution in [-0.2, 0) is 6.42 Å². The molecule has 0 aliphatic rings. The number of aromatic nitrogens is 3. The summed E-state index contributed by atoms with van der Waals surface area (Å²) < 4.78 is 10.2. The number of rotatable bonds is 6. The van der Waals surface area contributed by atoms with Crippen molar-refractivity contribution in [2.45, 2.75) is 32.2 Å². The quantitative estimate of drug-likeness (QED) is 0.855. The molecule has 102 valence electrons. The zero-order chi connectivity index (χ0) is 13.7. The molecule has 2 N–H and O–H groups in total. The average molecular weight is 262 g/mol. The van der Waals surface area contributed by atoms with Gasteiger partial charge in [0, 0.05) is 18.7 Å². The van der Waals surface area contributed by atoms with Crippen LogP contribution in [0.4, 0.5) is 0 Å². The van der Waals surface area contributed by atoms with Gasteiger partial charge in [0.25, 0.3) is 0 Å². The summed E-state index contributed by atoms with van der Waals surface area (Å²) in [4.78, 5) is 8.44. The van der Waals surface area contributed by atoms with Crippen molar-refractivity contribution in [2.24, 2.45) is 5.73 Å². The lowest BCUT2D eigenvalue weighted by Crippen LogP contribution is -2.10. The fraction of sp³-hybridized carbons (Fsp3) is 0.462. The molecule has 0 unspecified atom stereocenters. The van der Waals surface area contributed by atoms with Gasteiger partial charge in [-0.05, 0) is 12.0 Å². The van der Waals surface area contributed by atoms with Crippen molar-refractivity contribution < 1.29 is 9.26 Å². The number of ether oxygens (including phenoxy) is 1. The van der Waals surface area contributed by atoms with E-state index in [2.05, 4.69) is 22.0 Å². The molecule has 0 amide bonds. The lowest BCUT2D eigenvalue weighted by Gasteiger charge is -2.02. The molecule has 0 saturated heterocycles. The van der Waals surface area contributed by atoms with E-state index in [1.165, 1.54) is 0 Å². The Hall–Kier alpha value is -1.95. The summed E-state index contributed by atoms with van der Waals surface area (Å²) in [5.74, 6) is 1.70. The minimum Gasteiger partial charge on any atom is -0.481 e. The van der Waals surface area contributed by atoms with E-state index in [0.717, 1.165) is 18.4 Å². The minimum absolute atomic E-state index is 0.180. The van der Waals surface area contributed by atoms with Crippen LogP contribution in [0.1, 0.15) is 43.1 Å². The summed E-state index contributed by atoms with van der Waals surface area (Å²) >= 11 is 0. The second-order valence-corrected chi connectivity index (χ2v) is 4.33. The first kappa shape index (κ1) is 13.5. The minimum atomic E-state index is -0.180. The first-order valence-corrected chi connectivity index (χ1v) is 6.30. The van der Waals surface area contributed by atoms with Gasteiger partial charge in [-0.25, -0.2) is 4.98 Å². The van der Waals surface area contributed by atoms with Crippen molar-refractivity contribution in [2.75, 3.05) is 7.11 Å². The largest absolute Gasteiger partial charge is 0.481 e. The van der Waals surface area contributed by atoms with E-state index in [0.29, 0.717) is 24.0 Å². The summed E-state index contributed by atoms with van der Waals surface area (Å²) in [6.45, 7) is 2.07. The molecular formula is C13H18N4O2. The van der Waals surface area contributed by atoms with Gasteiger partial charge in [0.05, 0.1) is 13.2 Å². The number of hydrogen-bond acceptors (Lipinski definition) is 6. The molecule has 0 fully saturated rings. The van der Waals surface area contributed by atoms with Crippen LogP contribution in [0.5, 0.6) is 5.88 Å². The molecule has 19 heavy (non-hydrogen) atoms. The van der Waals surface area contributed by atoms with E-state index in [1.807, 2.05) is 6.07 Å². The van der Waals surface area contributed by atoms with Gasteiger partial charge in [-0.2, -0.15) is 4.98 Å². The van der Waals surface area contributed by atoms with Crippen molar-refractivity contribution in [1.29, 1.82) is 0 Å². The highest BCUT2D eigenvalue weighted by molar-refractivity contribution is 5.20. The predicted molar refractivity (Wildman–Crippen MR) is 69.7 cm³/mol. The van der Waals surface area contributed by atoms with Crippen molar-refractivity contribution in [3.8, 4) is 5.88 Å². The van der Waals surface area contributed by atoms with Gasteiger partial charge in [0.1, 0.15) is 0 Å². The second-order valence-electron chi connectivity index (χ2n) is 4.33. The third-order valence-corrected chi connectivity index (χ3v) is 2.77. The molecule has 0 spiro atoms. The molecule has 0 aliphatic carbocycles. The lowest BCUT2D eigenvalue weighted by atomic mass is 10.2. The van der Waals surface area contributed by atoms with Gasteiger partial charge in [0.2, 0.25) is 11.8 Å². The standard InChI is InChI=1S/C13H18N4O2/c1-3-4-10(14)13-16-11(17-19-13)7-9-5-6-12(18-2)15-8-9/h5-6,8,10H,3-4,7,14H2,1-2H3/t10-/m0/s1. The summed E-state index contributed by atoms with van der Waals surface area (Å²) in [7, 11) is 1.59. The first-order chi connectivity index (χ1) is 9.22. The summed E-state index contributed by atoms with van der Waals surface area (Å²) in [6, 6.07) is 3.55. The SMILES string of the molecule is CCC[C@H](N)c1nc(Cc2ccc(OC)nc2)no1. The molecule has 0 saturated carbocycles. The van der Waals surface area contributed by atoms with Crippen LogP contribution in [0.25, 0.3) is 0 Å². The van der Waals surface area contributed by atoms with E-state index in [1.54, 1.807) is 19.4 Å². The number of methoxy groups -OCH3 is 1. The van der Waals surface area contributed by atoms with Crippen LogP contribution in [-0.4, -0.2) is 22.2 Å². The molecule has 0 bridgehead atoms. The Morgan fingerprint density at radius 1 is 1.42 bits per heavy atom. The van der Waals surface area contributed by atoms with Crippen LogP contribution >= 0.6 is 0 Å². The van der Waals surface area contributed by atoms with Crippen LogP contribution in [0, 0.1) is 0 Å². The summed E-state index contributed by atoms with van der Waals surface area (Å²) in [6.07, 6.45) is 4.13. The normalized spacial score (nSPS) is 12.4. The fourth-order valence-electron chi connectivity index (χ4n) is 1.74. The van der Waals surface area contributed by atoms with E-state index in [4.69, 9.17) is 15.0 Å². The Kier molecular flexibility index (Phi) is 4.46. The molecule has 2 aromatic heterocycles. The van der Waals surface area contributed by atoms with Crippen LogP contribution in [0.15, 0.2) is 22.9 Å². The predicted octanol–water partition coefficient (Wildman–Crippen LogP) is 1.86. The molecule has 6 heteroatoms. The Bertz CT molecular complexity index is 510. The Morgan fingerprint density at radius 2 is 2.26 bits per heavy atom. The van der Waals surface area contributed by atoms with E-state index in [9.17, 15) is 0 Å². The molecule has 2 aromatic rings.